The van der Waals surface area contributed by atoms with E-state index < -0.39 is 12.3 Å². The van der Waals surface area contributed by atoms with E-state index in [1.54, 1.807) is 0 Å². The molecule has 0 aromatic rings. The number of nitrogens with one attached hydrogen (secondary N) is 2. The molecule has 70 valence electrons. The van der Waals surface area contributed by atoms with Crippen LogP contribution in [0.4, 0.5) is 8.78 Å². The first-order valence-electron chi connectivity index (χ1n) is 2.83. The summed E-state index contributed by atoms with van der Waals surface area (Å²) in [6, 6.07) is 0. The number of alkyl halides is 2. The molecule has 2 atom stereocenters. The summed E-state index contributed by atoms with van der Waals surface area (Å²) in [4.78, 5) is 16.7. The average Bonchev–Trinajstić information content (AvgIpc) is 1.90. The van der Waals surface area contributed by atoms with Crippen molar-refractivity contribution in [3.05, 3.63) is 0 Å². The van der Waals surface area contributed by atoms with Crippen molar-refractivity contribution in [1.29, 1.82) is 10.8 Å². The van der Waals surface area contributed by atoms with Gasteiger partial charge in [-0.1, -0.05) is 0 Å². The maximum absolute atomic E-state index is 11.4. The quantitative estimate of drug-likeness (QED) is 0.473. The maximum atomic E-state index is 11.4. The predicted molar refractivity (Wildman–Crippen MR) is 38.0 cm³/mol. The van der Waals surface area contributed by atoms with Crippen molar-refractivity contribution in [2.45, 2.75) is 26.2 Å². The second-order valence-electron chi connectivity index (χ2n) is 1.56. The first-order chi connectivity index (χ1) is 5.47. The summed E-state index contributed by atoms with van der Waals surface area (Å²) in [5.74, 6) is 0. The van der Waals surface area contributed by atoms with Gasteiger partial charge in [0.2, 0.25) is 12.2 Å². The van der Waals surface area contributed by atoms with E-state index in [0.717, 1.165) is 12.2 Å². The van der Waals surface area contributed by atoms with Gasteiger partial charge in [-0.2, -0.15) is 0 Å². The molecule has 0 aliphatic carbocycles. The summed E-state index contributed by atoms with van der Waals surface area (Å²) in [5, 5.41) is 10.8. The lowest BCUT2D eigenvalue weighted by molar-refractivity contribution is 0.199. The van der Waals surface area contributed by atoms with Crippen molar-refractivity contribution in [3.8, 4) is 0 Å². The van der Waals surface area contributed by atoms with Gasteiger partial charge >= 0.3 is 0 Å². The van der Waals surface area contributed by atoms with Gasteiger partial charge in [0.25, 0.3) is 0 Å². The van der Waals surface area contributed by atoms with Gasteiger partial charge < -0.3 is 0 Å². The smallest absolute Gasteiger partial charge is 0.231 e. The molecule has 0 amide bonds. The fourth-order valence-corrected chi connectivity index (χ4v) is 0. The van der Waals surface area contributed by atoms with E-state index in [1.165, 1.54) is 13.8 Å². The molecule has 0 aromatic carbocycles. The summed E-state index contributed by atoms with van der Waals surface area (Å²) < 4.78 is 22.9. The van der Waals surface area contributed by atoms with Crippen molar-refractivity contribution in [2.75, 3.05) is 0 Å². The Morgan fingerprint density at radius 1 is 1.00 bits per heavy atom. The highest BCUT2D eigenvalue weighted by Crippen LogP contribution is 1.98. The minimum absolute atomic E-state index is 0.750. The monoisotopic (exact) mass is 180 g/mol. The Morgan fingerprint density at radius 2 is 1.08 bits per heavy atom. The highest BCUT2D eigenvalue weighted by atomic mass is 19.2. The summed E-state index contributed by atoms with van der Waals surface area (Å²) in [5.41, 5.74) is 0. The maximum Gasteiger partial charge on any atom is 0.231 e. The Labute approximate surface area is 68.6 Å². The van der Waals surface area contributed by atoms with Gasteiger partial charge in [0.05, 0.1) is 0 Å². The van der Waals surface area contributed by atoms with Crippen LogP contribution in [-0.4, -0.2) is 24.5 Å². The van der Waals surface area contributed by atoms with Gasteiger partial charge in [-0.15, -0.1) is 0 Å². The SMILES string of the molecule is CC(F)C(C)F.N=C=O.N=C=O. The van der Waals surface area contributed by atoms with Crippen LogP contribution >= 0.6 is 0 Å². The molecule has 4 nitrogen and oxygen atoms in total. The van der Waals surface area contributed by atoms with Crippen LogP contribution in [0.2, 0.25) is 0 Å². The lowest BCUT2D eigenvalue weighted by Crippen LogP contribution is -2.06. The molecule has 6 heteroatoms. The number of carbonyl (C=O) groups excluding carboxylic acids is 2. The van der Waals surface area contributed by atoms with Gasteiger partial charge in [0.1, 0.15) is 12.3 Å². The van der Waals surface area contributed by atoms with E-state index in [1.807, 2.05) is 0 Å². The van der Waals surface area contributed by atoms with Crippen molar-refractivity contribution >= 4 is 12.2 Å². The van der Waals surface area contributed by atoms with Gasteiger partial charge in [0.15, 0.2) is 0 Å². The summed E-state index contributed by atoms with van der Waals surface area (Å²) >= 11 is 0. The van der Waals surface area contributed by atoms with Crippen molar-refractivity contribution in [2.24, 2.45) is 0 Å². The van der Waals surface area contributed by atoms with Gasteiger partial charge in [0, 0.05) is 0 Å². The van der Waals surface area contributed by atoms with Crippen LogP contribution in [0.1, 0.15) is 13.8 Å². The molecule has 0 rings (SSSR count). The highest BCUT2D eigenvalue weighted by molar-refractivity contribution is 5.26. The van der Waals surface area contributed by atoms with Crippen LogP contribution in [0.3, 0.4) is 0 Å². The number of hydrogen-bond acceptors (Lipinski definition) is 4. The molecule has 0 heterocycles. The third kappa shape index (κ3) is 72.9. The first-order valence-corrected chi connectivity index (χ1v) is 2.83. The molecule has 0 spiro atoms. The molecular formula is C6H10F2N2O2. The van der Waals surface area contributed by atoms with Crippen molar-refractivity contribution in [3.63, 3.8) is 0 Å². The predicted octanol–water partition coefficient (Wildman–Crippen LogP) is 1.50. The molecule has 0 aliphatic rings. The van der Waals surface area contributed by atoms with Gasteiger partial charge in [-0.05, 0) is 13.8 Å². The van der Waals surface area contributed by atoms with E-state index in [2.05, 4.69) is 0 Å². The third-order valence-corrected chi connectivity index (χ3v) is 0.633. The van der Waals surface area contributed by atoms with Crippen LogP contribution in [0.15, 0.2) is 0 Å². The van der Waals surface area contributed by atoms with Crippen LogP contribution in [0, 0.1) is 10.8 Å². The first kappa shape index (κ1) is 16.9. The minimum Gasteiger partial charge on any atom is -0.245 e. The number of rotatable bonds is 1. The topological polar surface area (TPSA) is 81.8 Å². The van der Waals surface area contributed by atoms with Crippen LogP contribution in [-0.2, 0) is 9.59 Å². The Kier molecular flexibility index (Phi) is 23.0. The fourth-order valence-electron chi connectivity index (χ4n) is 0. The molecule has 0 fully saturated rings. The molecule has 0 aromatic heterocycles. The molecule has 2 N–H and O–H groups in total. The second-order valence-corrected chi connectivity index (χ2v) is 1.56. The molecule has 0 saturated heterocycles. The Balaban J connectivity index is -0.000000115. The van der Waals surface area contributed by atoms with E-state index in [4.69, 9.17) is 20.4 Å². The zero-order chi connectivity index (χ0) is 10.6. The van der Waals surface area contributed by atoms with E-state index in [-0.39, 0.29) is 0 Å². The molecule has 0 saturated carbocycles. The lowest BCUT2D eigenvalue weighted by Gasteiger charge is -1.97. The molecule has 0 radical (unpaired) electrons. The molecule has 0 bridgehead atoms. The Bertz CT molecular complexity index is 130. The van der Waals surface area contributed by atoms with E-state index >= 15 is 0 Å². The van der Waals surface area contributed by atoms with Crippen molar-refractivity contribution in [1.82, 2.24) is 0 Å². The lowest BCUT2D eigenvalue weighted by atomic mass is 10.3. The summed E-state index contributed by atoms with van der Waals surface area (Å²) in [6.45, 7) is 2.40. The van der Waals surface area contributed by atoms with E-state index in [0.29, 0.717) is 0 Å². The van der Waals surface area contributed by atoms with E-state index in [9.17, 15) is 8.78 Å². The fraction of sp³-hybridized carbons (Fsp3) is 0.667. The number of isocyanates is 2. The largest absolute Gasteiger partial charge is 0.245 e. The summed E-state index contributed by atoms with van der Waals surface area (Å²) in [7, 11) is 0. The number of hydrogen-bond donors (Lipinski definition) is 2. The molecule has 2 unspecified atom stereocenters. The highest BCUT2D eigenvalue weighted by Gasteiger charge is 2.05. The zero-order valence-corrected chi connectivity index (χ0v) is 6.73. The van der Waals surface area contributed by atoms with Crippen LogP contribution in [0.25, 0.3) is 0 Å². The molecule has 12 heavy (non-hydrogen) atoms. The minimum atomic E-state index is -1.31. The zero-order valence-electron chi connectivity index (χ0n) is 6.73. The molecular weight excluding hydrogens is 170 g/mol. The Morgan fingerprint density at radius 3 is 1.08 bits per heavy atom. The third-order valence-electron chi connectivity index (χ3n) is 0.633. The average molecular weight is 180 g/mol. The van der Waals surface area contributed by atoms with Crippen LogP contribution < -0.4 is 0 Å². The summed E-state index contributed by atoms with van der Waals surface area (Å²) in [6.07, 6.45) is -1.13. The Hall–Kier alpha value is -1.38. The second kappa shape index (κ2) is 16.3. The number of halogens is 2. The van der Waals surface area contributed by atoms with Gasteiger partial charge in [-0.25, -0.2) is 29.2 Å². The van der Waals surface area contributed by atoms with Crippen molar-refractivity contribution < 1.29 is 18.4 Å². The molecule has 0 aliphatic heterocycles. The van der Waals surface area contributed by atoms with Gasteiger partial charge in [-0.3, -0.25) is 0 Å². The van der Waals surface area contributed by atoms with Crippen LogP contribution in [0.5, 0.6) is 0 Å². The standard InChI is InChI=1S/C4H8F2.2CHNO/c1-3(5)4(2)6;2*2-1-3/h3-4H,1-2H3;2*2H. The normalized spacial score (nSPS) is 11.3.